The van der Waals surface area contributed by atoms with Gasteiger partial charge >= 0.3 is 0 Å². The standard InChI is InChI=1S/C24H28ClN6O3S/c1-30(35(3,32)33)21-10-6-5-9-19(21)27-23-18(25)16-26-24(29-23)28-20-12-11-17(15-22(20)34-2)31-13-7-4-8-14-31/h4-6,9-12,15-16H,7-8,13-14H2,1-3H3,(H2,26,27,28,29). The van der Waals surface area contributed by atoms with E-state index in [1.54, 1.807) is 31.4 Å². The highest BCUT2D eigenvalue weighted by atomic mass is 35.5. The van der Waals surface area contributed by atoms with Crippen molar-refractivity contribution < 1.29 is 13.2 Å². The summed E-state index contributed by atoms with van der Waals surface area (Å²) in [4.78, 5) is 11.1. The molecule has 0 amide bonds. The molecule has 11 heteroatoms. The van der Waals surface area contributed by atoms with E-state index in [1.807, 2.05) is 18.2 Å². The van der Waals surface area contributed by atoms with Crippen LogP contribution in [0.5, 0.6) is 5.75 Å². The molecule has 185 valence electrons. The summed E-state index contributed by atoms with van der Waals surface area (Å²) in [7, 11) is -0.340. The average molecular weight is 516 g/mol. The first-order valence-electron chi connectivity index (χ1n) is 11.1. The monoisotopic (exact) mass is 515 g/mol. The summed E-state index contributed by atoms with van der Waals surface area (Å²) in [6, 6.07) is 13.0. The number of nitrogens with one attached hydrogen (secondary N) is 2. The number of anilines is 6. The van der Waals surface area contributed by atoms with E-state index >= 15 is 0 Å². The fourth-order valence-corrected chi connectivity index (χ4v) is 4.44. The van der Waals surface area contributed by atoms with E-state index in [9.17, 15) is 8.42 Å². The smallest absolute Gasteiger partial charge is 0.232 e. The number of ether oxygens (including phenoxy) is 1. The first-order valence-corrected chi connectivity index (χ1v) is 13.3. The van der Waals surface area contributed by atoms with Crippen LogP contribution in [0.2, 0.25) is 5.02 Å². The number of halogens is 1. The molecule has 0 unspecified atom stereocenters. The number of nitrogens with zero attached hydrogens (tertiary/aromatic N) is 4. The second-order valence-electron chi connectivity index (χ2n) is 8.13. The third-order valence-corrected chi connectivity index (χ3v) is 7.21. The Morgan fingerprint density at radius 3 is 2.54 bits per heavy atom. The Hall–Kier alpha value is -3.24. The summed E-state index contributed by atoms with van der Waals surface area (Å²) in [5, 5.41) is 6.61. The number of hydrogen-bond acceptors (Lipinski definition) is 8. The number of hydrogen-bond donors (Lipinski definition) is 2. The zero-order valence-corrected chi connectivity index (χ0v) is 21.4. The van der Waals surface area contributed by atoms with Crippen molar-refractivity contribution in [1.82, 2.24) is 9.97 Å². The second-order valence-corrected chi connectivity index (χ2v) is 10.5. The molecule has 0 bridgehead atoms. The van der Waals surface area contributed by atoms with Gasteiger partial charge in [0, 0.05) is 31.9 Å². The Kier molecular flexibility index (Phi) is 7.51. The molecule has 2 heterocycles. The van der Waals surface area contributed by atoms with E-state index in [-0.39, 0.29) is 5.02 Å². The minimum absolute atomic E-state index is 0.288. The topological polar surface area (TPSA) is 99.7 Å². The highest BCUT2D eigenvalue weighted by Gasteiger charge is 2.18. The van der Waals surface area contributed by atoms with Gasteiger partial charge in [-0.15, -0.1) is 0 Å². The number of methoxy groups -OCH3 is 1. The van der Waals surface area contributed by atoms with Gasteiger partial charge in [-0.2, -0.15) is 4.98 Å². The Labute approximate surface area is 211 Å². The van der Waals surface area contributed by atoms with Crippen molar-refractivity contribution >= 4 is 56.1 Å². The molecule has 35 heavy (non-hydrogen) atoms. The number of para-hydroxylation sites is 2. The van der Waals surface area contributed by atoms with Crippen LogP contribution in [0.1, 0.15) is 12.8 Å². The molecule has 0 atom stereocenters. The predicted octanol–water partition coefficient (Wildman–Crippen LogP) is 4.83. The van der Waals surface area contributed by atoms with Crippen molar-refractivity contribution in [2.24, 2.45) is 0 Å². The lowest BCUT2D eigenvalue weighted by atomic mass is 10.1. The predicted molar refractivity (Wildman–Crippen MR) is 142 cm³/mol. The fraction of sp³-hybridized carbons (Fsp3) is 0.292. The molecule has 0 saturated carbocycles. The first kappa shape index (κ1) is 24.9. The summed E-state index contributed by atoms with van der Waals surface area (Å²) in [6.45, 7) is 1.97. The van der Waals surface area contributed by atoms with Gasteiger partial charge < -0.3 is 20.3 Å². The van der Waals surface area contributed by atoms with Gasteiger partial charge in [0.25, 0.3) is 0 Å². The molecule has 1 fully saturated rings. The quantitative estimate of drug-likeness (QED) is 0.440. The summed E-state index contributed by atoms with van der Waals surface area (Å²) in [6.07, 6.45) is 7.07. The van der Waals surface area contributed by atoms with Crippen LogP contribution in [0, 0.1) is 6.42 Å². The number of aromatic nitrogens is 2. The molecule has 1 aromatic heterocycles. The molecule has 0 spiro atoms. The third-order valence-electron chi connectivity index (χ3n) is 5.74. The lowest BCUT2D eigenvalue weighted by Gasteiger charge is -2.29. The molecule has 2 aromatic carbocycles. The van der Waals surface area contributed by atoms with E-state index in [1.165, 1.54) is 17.5 Å². The Balaban J connectivity index is 1.58. The SMILES string of the molecule is COc1cc(N2CC[CH]CC2)ccc1Nc1ncc(Cl)c(Nc2ccccc2N(C)S(C)(=O)=O)n1. The number of benzene rings is 2. The Bertz CT molecular complexity index is 1300. The Morgan fingerprint density at radius 1 is 1.09 bits per heavy atom. The largest absolute Gasteiger partial charge is 0.494 e. The van der Waals surface area contributed by atoms with Gasteiger partial charge in [0.1, 0.15) is 10.8 Å². The van der Waals surface area contributed by atoms with Crippen LogP contribution < -0.4 is 24.6 Å². The van der Waals surface area contributed by atoms with Gasteiger partial charge in [0.2, 0.25) is 16.0 Å². The molecule has 0 aliphatic carbocycles. The molecule has 1 saturated heterocycles. The van der Waals surface area contributed by atoms with Crippen molar-refractivity contribution in [3.63, 3.8) is 0 Å². The van der Waals surface area contributed by atoms with E-state index < -0.39 is 10.0 Å². The maximum Gasteiger partial charge on any atom is 0.232 e. The van der Waals surface area contributed by atoms with Crippen LogP contribution >= 0.6 is 11.6 Å². The average Bonchev–Trinajstić information content (AvgIpc) is 2.86. The number of piperidine rings is 1. The van der Waals surface area contributed by atoms with Crippen LogP contribution in [-0.4, -0.2) is 51.9 Å². The minimum Gasteiger partial charge on any atom is -0.494 e. The van der Waals surface area contributed by atoms with E-state index in [4.69, 9.17) is 16.3 Å². The molecule has 4 rings (SSSR count). The molecular formula is C24H28ClN6O3S. The minimum atomic E-state index is -3.45. The van der Waals surface area contributed by atoms with Gasteiger partial charge in [-0.25, -0.2) is 13.4 Å². The van der Waals surface area contributed by atoms with E-state index in [0.29, 0.717) is 34.6 Å². The maximum atomic E-state index is 12.1. The summed E-state index contributed by atoms with van der Waals surface area (Å²) < 4.78 is 30.9. The molecule has 9 nitrogen and oxygen atoms in total. The van der Waals surface area contributed by atoms with Gasteiger partial charge in [0.05, 0.1) is 36.6 Å². The third kappa shape index (κ3) is 5.88. The molecule has 3 aromatic rings. The van der Waals surface area contributed by atoms with Crippen LogP contribution in [-0.2, 0) is 10.0 Å². The lowest BCUT2D eigenvalue weighted by molar-refractivity contribution is 0.416. The molecular weight excluding hydrogens is 488 g/mol. The second kappa shape index (κ2) is 10.6. The maximum absolute atomic E-state index is 12.1. The zero-order chi connectivity index (χ0) is 25.0. The number of sulfonamides is 1. The zero-order valence-electron chi connectivity index (χ0n) is 19.8. The summed E-state index contributed by atoms with van der Waals surface area (Å²) in [5.74, 6) is 1.31. The van der Waals surface area contributed by atoms with Crippen LogP contribution in [0.3, 0.4) is 0 Å². The van der Waals surface area contributed by atoms with Crippen molar-refractivity contribution in [2.75, 3.05) is 53.3 Å². The first-order chi connectivity index (χ1) is 16.8. The lowest BCUT2D eigenvalue weighted by Crippen LogP contribution is -2.29. The number of rotatable bonds is 8. The van der Waals surface area contributed by atoms with E-state index in [0.717, 1.165) is 37.9 Å². The van der Waals surface area contributed by atoms with Gasteiger partial charge in [-0.1, -0.05) is 23.7 Å². The fourth-order valence-electron chi connectivity index (χ4n) is 3.78. The van der Waals surface area contributed by atoms with Crippen molar-refractivity contribution in [3.8, 4) is 5.75 Å². The van der Waals surface area contributed by atoms with Crippen molar-refractivity contribution in [3.05, 3.63) is 60.1 Å². The highest BCUT2D eigenvalue weighted by Crippen LogP contribution is 2.34. The summed E-state index contributed by atoms with van der Waals surface area (Å²) >= 11 is 6.36. The van der Waals surface area contributed by atoms with Crippen LogP contribution in [0.15, 0.2) is 48.7 Å². The van der Waals surface area contributed by atoms with Crippen molar-refractivity contribution in [1.29, 1.82) is 0 Å². The molecule has 1 aliphatic heterocycles. The van der Waals surface area contributed by atoms with Crippen molar-refractivity contribution in [2.45, 2.75) is 12.8 Å². The summed E-state index contributed by atoms with van der Waals surface area (Å²) in [5.41, 5.74) is 2.82. The Morgan fingerprint density at radius 2 is 1.83 bits per heavy atom. The van der Waals surface area contributed by atoms with Gasteiger partial charge in [0.15, 0.2) is 5.82 Å². The van der Waals surface area contributed by atoms with Gasteiger partial charge in [-0.3, -0.25) is 4.31 Å². The molecule has 1 radical (unpaired) electrons. The molecule has 2 N–H and O–H groups in total. The molecule has 1 aliphatic rings. The highest BCUT2D eigenvalue weighted by molar-refractivity contribution is 7.92. The van der Waals surface area contributed by atoms with Crippen LogP contribution in [0.25, 0.3) is 0 Å². The van der Waals surface area contributed by atoms with Crippen LogP contribution in [0.4, 0.5) is 34.5 Å². The van der Waals surface area contributed by atoms with Gasteiger partial charge in [-0.05, 0) is 43.5 Å². The van der Waals surface area contributed by atoms with E-state index in [2.05, 4.69) is 31.9 Å². The normalized spacial score (nSPS) is 13.9.